The van der Waals surface area contributed by atoms with Gasteiger partial charge >= 0.3 is 0 Å². The molecule has 0 atom stereocenters. The van der Waals surface area contributed by atoms with E-state index in [0.717, 1.165) is 23.9 Å². The Labute approximate surface area is 488 Å². The van der Waals surface area contributed by atoms with E-state index in [9.17, 15) is 57.0 Å². The minimum absolute atomic E-state index is 0. The number of nitrogens with zero attached hydrogens (tertiary/aromatic N) is 6. The molecule has 0 unspecified atom stereocenters. The molecule has 0 aromatic heterocycles. The molecule has 0 spiro atoms. The zero-order chi connectivity index (χ0) is 47.2. The Morgan fingerprint density at radius 3 is 1.33 bits per heavy atom. The summed E-state index contributed by atoms with van der Waals surface area (Å²) in [6, 6.07) is 32.9. The molecule has 0 heterocycles. The van der Waals surface area contributed by atoms with Crippen LogP contribution in [0.2, 0.25) is 0 Å². The molecule has 0 saturated heterocycles. The molecule has 8 aromatic rings. The van der Waals surface area contributed by atoms with Gasteiger partial charge in [0.25, 0.3) is 40.5 Å². The molecular weight excluding hydrogens is 1030 g/mol. The zero-order valence-electron chi connectivity index (χ0n) is 37.1. The number of rotatable bonds is 12. The van der Waals surface area contributed by atoms with Crippen molar-refractivity contribution in [2.24, 2.45) is 30.7 Å². The summed E-state index contributed by atoms with van der Waals surface area (Å²) >= 11 is 0. The normalized spacial score (nSPS) is 12.2. The fraction of sp³-hybridized carbons (Fsp3) is 0. The molecule has 8 rings (SSSR count). The van der Waals surface area contributed by atoms with Crippen LogP contribution in [0.4, 0.5) is 45.5 Å². The Balaban J connectivity index is 0.00000266. The van der Waals surface area contributed by atoms with E-state index in [1.54, 1.807) is 42.5 Å². The molecule has 0 saturated carbocycles. The number of hydrogen-bond acceptors (Lipinski definition) is 16. The van der Waals surface area contributed by atoms with Crippen molar-refractivity contribution in [1.29, 1.82) is 0 Å². The fourth-order valence-corrected chi connectivity index (χ4v) is 9.03. The van der Waals surface area contributed by atoms with E-state index >= 15 is 0 Å². The summed E-state index contributed by atoms with van der Waals surface area (Å²) in [6.07, 6.45) is 0. The number of fused-ring (bicyclic) bond motifs is 3. The molecule has 0 aliphatic carbocycles. The number of para-hydroxylation sites is 1. The van der Waals surface area contributed by atoms with Crippen LogP contribution < -0.4 is 5.32 Å². The molecule has 6 N–H and O–H groups in total. The summed E-state index contributed by atoms with van der Waals surface area (Å²) in [5.41, 5.74) is 0.547. The second kappa shape index (κ2) is 23.6. The molecule has 8 aromatic carbocycles. The number of phenols is 1. The van der Waals surface area contributed by atoms with Gasteiger partial charge in [0, 0.05) is 157 Å². The van der Waals surface area contributed by atoms with Crippen molar-refractivity contribution >= 4 is 237 Å². The summed E-state index contributed by atoms with van der Waals surface area (Å²) in [4.78, 5) is -2.85. The summed E-state index contributed by atoms with van der Waals surface area (Å²) in [5.74, 6) is -0.559. The van der Waals surface area contributed by atoms with E-state index in [4.69, 9.17) is 0 Å². The van der Waals surface area contributed by atoms with Crippen molar-refractivity contribution in [3.8, 4) is 5.75 Å². The van der Waals surface area contributed by atoms with Gasteiger partial charge in [-0.3, -0.25) is 18.2 Å². The number of azo groups is 3. The van der Waals surface area contributed by atoms with Crippen LogP contribution in [0.15, 0.2) is 190 Å². The Hall–Kier alpha value is -3.42. The predicted molar refractivity (Wildman–Crippen MR) is 264 cm³/mol. The van der Waals surface area contributed by atoms with Crippen LogP contribution in [-0.2, 0) is 40.5 Å². The van der Waals surface area contributed by atoms with Crippen LogP contribution in [-0.4, -0.2) is 175 Å². The summed E-state index contributed by atoms with van der Waals surface area (Å²) < 4.78 is 136. The second-order valence-corrected chi connectivity index (χ2v) is 19.7. The Morgan fingerprint density at radius 1 is 0.357 bits per heavy atom. The SMILES string of the molecule is O=S(=O)(O)c1ccc(S(=O)(=O)O)c(N=Nc2ccc(N=Nc3ccc(N=Nc4c(S(=O)(=O)O)cc5cc(Nc6ccccc6)ccc5c4O)c4ccccc34)c3cc(S(=O)(=O)O)ccc23)c1.[Na].[Na].[Na].[Na]. The van der Waals surface area contributed by atoms with Gasteiger partial charge in [-0.15, -0.1) is 30.7 Å². The van der Waals surface area contributed by atoms with E-state index in [-0.39, 0.29) is 163 Å². The topological polar surface area (TPSA) is 324 Å². The molecule has 0 aliphatic heterocycles. The average molecular weight is 1060 g/mol. The fourth-order valence-electron chi connectivity index (χ4n) is 6.76. The Bertz CT molecular complexity index is 3890. The maximum Gasteiger partial charge on any atom is 0.296 e. The van der Waals surface area contributed by atoms with Gasteiger partial charge in [0.1, 0.15) is 21.2 Å². The van der Waals surface area contributed by atoms with Crippen LogP contribution in [0, 0.1) is 0 Å². The number of benzene rings is 8. The monoisotopic (exact) mass is 1060 g/mol. The van der Waals surface area contributed by atoms with Crippen LogP contribution in [0.1, 0.15) is 0 Å². The first-order valence-electron chi connectivity index (χ1n) is 18.6. The number of nitrogens with one attached hydrogen (secondary N) is 1. The first-order valence-corrected chi connectivity index (χ1v) is 24.4. The van der Waals surface area contributed by atoms with Gasteiger partial charge in [-0.25, -0.2) is 0 Å². The Morgan fingerprint density at radius 2 is 0.800 bits per heavy atom. The van der Waals surface area contributed by atoms with Crippen molar-refractivity contribution in [3.63, 3.8) is 0 Å². The minimum atomic E-state index is -4.97. The molecule has 338 valence electrons. The molecule has 70 heavy (non-hydrogen) atoms. The molecule has 0 bridgehead atoms. The van der Waals surface area contributed by atoms with Gasteiger partial charge in [-0.05, 0) is 96.4 Å². The van der Waals surface area contributed by atoms with Crippen LogP contribution >= 0.6 is 0 Å². The van der Waals surface area contributed by atoms with Crippen LogP contribution in [0.25, 0.3) is 32.3 Å². The number of anilines is 2. The van der Waals surface area contributed by atoms with Crippen molar-refractivity contribution in [1.82, 2.24) is 0 Å². The molecule has 28 heteroatoms. The van der Waals surface area contributed by atoms with Gasteiger partial charge in [0.05, 0.1) is 32.5 Å². The third-order valence-corrected chi connectivity index (χ3v) is 13.3. The van der Waals surface area contributed by atoms with E-state index in [0.29, 0.717) is 28.6 Å². The molecule has 20 nitrogen and oxygen atoms in total. The average Bonchev–Trinajstić information content (AvgIpc) is 3.26. The third-order valence-electron chi connectivity index (χ3n) is 9.80. The second-order valence-electron chi connectivity index (χ2n) is 14.1. The number of hydrogen-bond donors (Lipinski definition) is 6. The number of aromatic hydroxyl groups is 1. The zero-order valence-corrected chi connectivity index (χ0v) is 48.4. The first-order chi connectivity index (χ1) is 31.1. The van der Waals surface area contributed by atoms with Gasteiger partial charge in [-0.2, -0.15) is 33.7 Å². The van der Waals surface area contributed by atoms with Gasteiger partial charge < -0.3 is 10.4 Å². The predicted octanol–water partition coefficient (Wildman–Crippen LogP) is 9.31. The maximum atomic E-state index is 12.6. The minimum Gasteiger partial charge on any atom is -0.505 e. The van der Waals surface area contributed by atoms with Crippen LogP contribution in [0.5, 0.6) is 5.75 Å². The van der Waals surface area contributed by atoms with E-state index in [1.165, 1.54) is 36.4 Å². The van der Waals surface area contributed by atoms with Gasteiger partial charge in [0.2, 0.25) is 0 Å². The molecule has 0 fully saturated rings. The van der Waals surface area contributed by atoms with E-state index in [2.05, 4.69) is 36.0 Å². The van der Waals surface area contributed by atoms with Crippen LogP contribution in [0.3, 0.4) is 0 Å². The number of phenolic OH excluding ortho intramolecular Hbond substituents is 1. The van der Waals surface area contributed by atoms with Crippen molar-refractivity contribution in [2.75, 3.05) is 5.32 Å². The van der Waals surface area contributed by atoms with Crippen molar-refractivity contribution < 1.29 is 57.0 Å². The van der Waals surface area contributed by atoms with Crippen molar-refractivity contribution in [3.05, 3.63) is 140 Å². The van der Waals surface area contributed by atoms with Gasteiger partial charge in [-0.1, -0.05) is 48.5 Å². The van der Waals surface area contributed by atoms with E-state index in [1.807, 2.05) is 30.3 Å². The molecule has 0 aliphatic rings. The Kier molecular flexibility index (Phi) is 20.0. The maximum absolute atomic E-state index is 12.6. The standard InChI is InChI=1S/C42H29N7O13S4.4Na/c50-42-29-13-10-26(43-25-6-2-1-3-7-25)20-24(29)21-40(66(60,61)62)41(42)49-47-35-16-15-34(30-8-4-5-9-31(30)35)44-46-37-18-17-36(32-14-11-27(22-33(32)37)63(51,52)53)45-48-38-23-28(64(54,55)56)12-19-39(38)65(57,58)59;;;;/h1-23,43,50H,(H,51,52,53)(H,54,55,56)(H,57,58,59)(H,60,61,62);;;;. The summed E-state index contributed by atoms with van der Waals surface area (Å²) in [5, 5.41) is 40.9. The third kappa shape index (κ3) is 13.4. The van der Waals surface area contributed by atoms with E-state index < -0.39 is 77.2 Å². The smallest absolute Gasteiger partial charge is 0.296 e. The molecular formula is C42H29N7Na4O13S4. The quantitative estimate of drug-likeness (QED) is 0.0377. The largest absolute Gasteiger partial charge is 0.505 e. The first kappa shape index (κ1) is 59.1. The van der Waals surface area contributed by atoms with Gasteiger partial charge in [0.15, 0.2) is 5.75 Å². The summed E-state index contributed by atoms with van der Waals surface area (Å²) in [6.45, 7) is 0. The molecule has 0 amide bonds. The summed E-state index contributed by atoms with van der Waals surface area (Å²) in [7, 11) is -19.5. The molecule has 4 radical (unpaired) electrons. The van der Waals surface area contributed by atoms with Crippen molar-refractivity contribution in [2.45, 2.75) is 19.6 Å².